The van der Waals surface area contributed by atoms with Crippen LogP contribution >= 0.6 is 12.2 Å². The Labute approximate surface area is 210 Å². The van der Waals surface area contributed by atoms with Crippen LogP contribution < -0.4 is 20.3 Å². The molecule has 3 aromatic rings. The van der Waals surface area contributed by atoms with Gasteiger partial charge in [0.05, 0.1) is 12.7 Å². The number of methoxy groups -OCH3 is 1. The maximum absolute atomic E-state index is 12.7. The molecule has 2 N–H and O–H groups in total. The zero-order valence-electron chi connectivity index (χ0n) is 19.8. The Morgan fingerprint density at radius 3 is 2.23 bits per heavy atom. The molecular weight excluding hydrogens is 460 g/mol. The maximum atomic E-state index is 12.7. The first-order valence-electron chi connectivity index (χ1n) is 11.4. The summed E-state index contributed by atoms with van der Waals surface area (Å²) in [5, 5.41) is 5.97. The van der Waals surface area contributed by atoms with Crippen molar-refractivity contribution in [2.24, 2.45) is 0 Å². The minimum absolute atomic E-state index is 0.0728. The van der Waals surface area contributed by atoms with Crippen molar-refractivity contribution in [3.8, 4) is 5.75 Å². The zero-order valence-corrected chi connectivity index (χ0v) is 20.6. The number of hydrogen-bond acceptors (Lipinski definition) is 5. The lowest BCUT2D eigenvalue weighted by Gasteiger charge is -2.36. The highest BCUT2D eigenvalue weighted by atomic mass is 32.1. The first-order valence-corrected chi connectivity index (χ1v) is 11.8. The highest BCUT2D eigenvalue weighted by Crippen LogP contribution is 2.23. The SMILES string of the molecule is COc1c(C)cccc1C(=O)NC(=S)Nc1ccc(N2CCN(C(=O)c3ccccc3)CC2)cc1. The highest BCUT2D eigenvalue weighted by molar-refractivity contribution is 7.80. The van der Waals surface area contributed by atoms with E-state index in [0.29, 0.717) is 24.4 Å². The van der Waals surface area contributed by atoms with Gasteiger partial charge in [0.2, 0.25) is 0 Å². The van der Waals surface area contributed by atoms with Crippen molar-refractivity contribution in [3.63, 3.8) is 0 Å². The average Bonchev–Trinajstić information content (AvgIpc) is 2.89. The molecule has 0 spiro atoms. The van der Waals surface area contributed by atoms with Gasteiger partial charge in [0.1, 0.15) is 5.75 Å². The second-order valence-corrected chi connectivity index (χ2v) is 8.66. The van der Waals surface area contributed by atoms with Crippen molar-refractivity contribution in [2.45, 2.75) is 6.92 Å². The zero-order chi connectivity index (χ0) is 24.8. The molecule has 0 radical (unpaired) electrons. The van der Waals surface area contributed by atoms with Crippen molar-refractivity contribution < 1.29 is 14.3 Å². The second kappa shape index (κ2) is 11.0. The molecule has 0 bridgehead atoms. The first-order chi connectivity index (χ1) is 17.0. The van der Waals surface area contributed by atoms with Gasteiger partial charge in [0.15, 0.2) is 5.11 Å². The molecule has 0 atom stereocenters. The molecule has 0 aliphatic carbocycles. The van der Waals surface area contributed by atoms with Crippen LogP contribution in [0.1, 0.15) is 26.3 Å². The van der Waals surface area contributed by atoms with Gasteiger partial charge in [-0.1, -0.05) is 30.3 Å². The fraction of sp³-hybridized carbons (Fsp3) is 0.222. The number of para-hydroxylation sites is 1. The van der Waals surface area contributed by atoms with Crippen LogP contribution in [-0.2, 0) is 0 Å². The van der Waals surface area contributed by atoms with Crippen LogP contribution in [0.5, 0.6) is 5.75 Å². The first kappa shape index (κ1) is 24.2. The standard InChI is InChI=1S/C27H28N4O3S/c1-19-7-6-10-23(24(19)34-2)25(32)29-27(35)28-21-11-13-22(14-12-21)30-15-17-31(18-16-30)26(33)20-8-4-3-5-9-20/h3-14H,15-18H2,1-2H3,(H2,28,29,32,35). The number of hydrogen-bond donors (Lipinski definition) is 2. The lowest BCUT2D eigenvalue weighted by molar-refractivity contribution is 0.0746. The van der Waals surface area contributed by atoms with E-state index in [-0.39, 0.29) is 16.9 Å². The number of carbonyl (C=O) groups is 2. The topological polar surface area (TPSA) is 73.9 Å². The molecule has 2 amide bonds. The Kier molecular flexibility index (Phi) is 7.62. The molecule has 8 heteroatoms. The molecular formula is C27H28N4O3S. The molecule has 7 nitrogen and oxygen atoms in total. The number of carbonyl (C=O) groups excluding carboxylic acids is 2. The molecule has 4 rings (SSSR count). The van der Waals surface area contributed by atoms with Gasteiger partial charge in [-0.15, -0.1) is 0 Å². The average molecular weight is 489 g/mol. The third kappa shape index (κ3) is 5.78. The van der Waals surface area contributed by atoms with Gasteiger partial charge in [-0.05, 0) is 67.2 Å². The quantitative estimate of drug-likeness (QED) is 0.527. The maximum Gasteiger partial charge on any atom is 0.261 e. The van der Waals surface area contributed by atoms with E-state index in [1.54, 1.807) is 12.1 Å². The molecule has 35 heavy (non-hydrogen) atoms. The molecule has 1 saturated heterocycles. The summed E-state index contributed by atoms with van der Waals surface area (Å²) < 4.78 is 5.36. The number of nitrogens with zero attached hydrogens (tertiary/aromatic N) is 2. The number of piperazine rings is 1. The third-order valence-corrected chi connectivity index (χ3v) is 6.17. The monoisotopic (exact) mass is 488 g/mol. The molecule has 1 fully saturated rings. The number of thiocarbonyl (C=S) groups is 1. The molecule has 0 unspecified atom stereocenters. The van der Waals surface area contributed by atoms with E-state index in [4.69, 9.17) is 17.0 Å². The Morgan fingerprint density at radius 2 is 1.57 bits per heavy atom. The van der Waals surface area contributed by atoms with Crippen LogP contribution in [0.2, 0.25) is 0 Å². The molecule has 1 heterocycles. The Hall–Kier alpha value is -3.91. The highest BCUT2D eigenvalue weighted by Gasteiger charge is 2.22. The molecule has 1 aliphatic heterocycles. The molecule has 0 aromatic heterocycles. The van der Waals surface area contributed by atoms with Gasteiger partial charge in [0.25, 0.3) is 11.8 Å². The Balaban J connectivity index is 1.30. The Morgan fingerprint density at radius 1 is 0.886 bits per heavy atom. The van der Waals surface area contributed by atoms with E-state index < -0.39 is 0 Å². The molecule has 1 aliphatic rings. The third-order valence-electron chi connectivity index (χ3n) is 5.97. The van der Waals surface area contributed by atoms with Crippen molar-refractivity contribution >= 4 is 40.5 Å². The van der Waals surface area contributed by atoms with Gasteiger partial charge >= 0.3 is 0 Å². The summed E-state index contributed by atoms with van der Waals surface area (Å²) in [4.78, 5) is 29.5. The van der Waals surface area contributed by atoms with Gasteiger partial charge in [-0.3, -0.25) is 14.9 Å². The minimum Gasteiger partial charge on any atom is -0.496 e. The molecule has 180 valence electrons. The van der Waals surface area contributed by atoms with Gasteiger partial charge < -0.3 is 19.9 Å². The van der Waals surface area contributed by atoms with Crippen LogP contribution in [-0.4, -0.2) is 55.1 Å². The van der Waals surface area contributed by atoms with Gasteiger partial charge in [-0.2, -0.15) is 0 Å². The van der Waals surface area contributed by atoms with E-state index in [1.165, 1.54) is 7.11 Å². The van der Waals surface area contributed by atoms with Crippen molar-refractivity contribution in [3.05, 3.63) is 89.5 Å². The number of benzene rings is 3. The van der Waals surface area contributed by atoms with Crippen LogP contribution in [0.4, 0.5) is 11.4 Å². The molecule has 3 aromatic carbocycles. The fourth-order valence-corrected chi connectivity index (χ4v) is 4.33. The van der Waals surface area contributed by atoms with E-state index in [0.717, 1.165) is 35.6 Å². The van der Waals surface area contributed by atoms with E-state index in [2.05, 4.69) is 15.5 Å². The van der Waals surface area contributed by atoms with Crippen molar-refractivity contribution in [2.75, 3.05) is 43.5 Å². The van der Waals surface area contributed by atoms with E-state index in [1.807, 2.05) is 72.5 Å². The summed E-state index contributed by atoms with van der Waals surface area (Å²) in [6.07, 6.45) is 0. The lowest BCUT2D eigenvalue weighted by atomic mass is 10.1. The summed E-state index contributed by atoms with van der Waals surface area (Å²) in [5.74, 6) is 0.272. The number of aryl methyl sites for hydroxylation is 1. The number of nitrogens with one attached hydrogen (secondary N) is 2. The van der Waals surface area contributed by atoms with E-state index >= 15 is 0 Å². The second-order valence-electron chi connectivity index (χ2n) is 8.26. The Bertz CT molecular complexity index is 1210. The van der Waals surface area contributed by atoms with Crippen LogP contribution in [0.25, 0.3) is 0 Å². The summed E-state index contributed by atoms with van der Waals surface area (Å²) in [5.41, 5.74) is 3.87. The normalized spacial score (nSPS) is 13.2. The smallest absolute Gasteiger partial charge is 0.261 e. The van der Waals surface area contributed by atoms with Crippen LogP contribution in [0.3, 0.4) is 0 Å². The molecule has 0 saturated carbocycles. The summed E-state index contributed by atoms with van der Waals surface area (Å²) in [6, 6.07) is 22.6. The minimum atomic E-state index is -0.331. The lowest BCUT2D eigenvalue weighted by Crippen LogP contribution is -2.48. The van der Waals surface area contributed by atoms with E-state index in [9.17, 15) is 9.59 Å². The summed E-state index contributed by atoms with van der Waals surface area (Å²) >= 11 is 5.33. The predicted octanol–water partition coefficient (Wildman–Crippen LogP) is 4.09. The van der Waals surface area contributed by atoms with Crippen LogP contribution in [0.15, 0.2) is 72.8 Å². The predicted molar refractivity (Wildman–Crippen MR) is 142 cm³/mol. The van der Waals surface area contributed by atoms with Gasteiger partial charge in [-0.25, -0.2) is 0 Å². The summed E-state index contributed by atoms with van der Waals surface area (Å²) in [7, 11) is 1.54. The summed E-state index contributed by atoms with van der Waals surface area (Å²) in [6.45, 7) is 4.75. The number of ether oxygens (including phenoxy) is 1. The van der Waals surface area contributed by atoms with Gasteiger partial charge in [0, 0.05) is 43.1 Å². The van der Waals surface area contributed by atoms with Crippen LogP contribution in [0, 0.1) is 6.92 Å². The number of anilines is 2. The van der Waals surface area contributed by atoms with Crippen molar-refractivity contribution in [1.82, 2.24) is 10.2 Å². The fourth-order valence-electron chi connectivity index (χ4n) is 4.12. The number of rotatable bonds is 5. The largest absolute Gasteiger partial charge is 0.496 e. The number of amides is 2. The van der Waals surface area contributed by atoms with Crippen molar-refractivity contribution in [1.29, 1.82) is 0 Å².